The Morgan fingerprint density at radius 2 is 1.88 bits per heavy atom. The van der Waals surface area contributed by atoms with Gasteiger partial charge in [-0.3, -0.25) is 14.9 Å². The van der Waals surface area contributed by atoms with Gasteiger partial charge in [0, 0.05) is 12.7 Å². The molecule has 0 aliphatic rings. The Balaban J connectivity index is 1.48. The van der Waals surface area contributed by atoms with Gasteiger partial charge in [0.1, 0.15) is 0 Å². The normalized spacial score (nSPS) is 10.7. The summed E-state index contributed by atoms with van der Waals surface area (Å²) >= 11 is 3.23. The average Bonchev–Trinajstić information content (AvgIpc) is 3.41. The molecule has 0 unspecified atom stereocenters. The molecule has 0 aliphatic carbocycles. The Morgan fingerprint density at radius 1 is 1.08 bits per heavy atom. The molecule has 0 saturated carbocycles. The largest absolute Gasteiger partial charge is 0.346 e. The van der Waals surface area contributed by atoms with Gasteiger partial charge >= 0.3 is 0 Å². The quantitative estimate of drug-likeness (QED) is 0.556. The lowest BCUT2D eigenvalue weighted by atomic mass is 10.1. The number of amides is 1. The van der Waals surface area contributed by atoms with E-state index < -0.39 is 0 Å². The van der Waals surface area contributed by atoms with Crippen molar-refractivity contribution in [1.29, 1.82) is 0 Å². The summed E-state index contributed by atoms with van der Waals surface area (Å²) < 4.78 is 0. The third kappa shape index (κ3) is 3.38. The Bertz CT molecular complexity index is 974. The molecule has 124 valence electrons. The molecule has 5 nitrogen and oxygen atoms in total. The van der Waals surface area contributed by atoms with E-state index >= 15 is 0 Å². The molecular weight excluding hydrogens is 352 g/mol. The van der Waals surface area contributed by atoms with Crippen molar-refractivity contribution in [3.8, 4) is 21.1 Å². The highest BCUT2D eigenvalue weighted by atomic mass is 32.1. The molecule has 0 bridgehead atoms. The zero-order chi connectivity index (χ0) is 17.1. The van der Waals surface area contributed by atoms with Gasteiger partial charge in [0.15, 0.2) is 5.69 Å². The first-order chi connectivity index (χ1) is 12.3. The van der Waals surface area contributed by atoms with Gasteiger partial charge in [-0.05, 0) is 40.6 Å². The van der Waals surface area contributed by atoms with E-state index in [-0.39, 0.29) is 5.91 Å². The van der Waals surface area contributed by atoms with E-state index in [1.54, 1.807) is 34.9 Å². The Hall–Kier alpha value is -2.77. The number of nitrogens with zero attached hydrogens (tertiary/aromatic N) is 2. The fourth-order valence-corrected chi connectivity index (χ4v) is 3.93. The highest BCUT2D eigenvalue weighted by Crippen LogP contribution is 2.26. The van der Waals surface area contributed by atoms with Gasteiger partial charge in [0.05, 0.1) is 21.1 Å². The molecule has 4 rings (SSSR count). The summed E-state index contributed by atoms with van der Waals surface area (Å²) in [4.78, 5) is 19.0. The second-order valence-corrected chi connectivity index (χ2v) is 7.21. The molecule has 2 N–H and O–H groups in total. The minimum atomic E-state index is -0.208. The first-order valence-corrected chi connectivity index (χ1v) is 9.42. The van der Waals surface area contributed by atoms with Gasteiger partial charge in [-0.25, -0.2) is 0 Å². The van der Waals surface area contributed by atoms with Gasteiger partial charge in [-0.2, -0.15) is 5.10 Å². The van der Waals surface area contributed by atoms with E-state index in [0.29, 0.717) is 12.2 Å². The number of carbonyl (C=O) groups is 1. The number of aromatic amines is 1. The first-order valence-electron chi connectivity index (χ1n) is 7.66. The summed E-state index contributed by atoms with van der Waals surface area (Å²) in [7, 11) is 0. The number of pyridine rings is 1. The van der Waals surface area contributed by atoms with Crippen LogP contribution in [0.25, 0.3) is 21.1 Å². The number of hydrogen-bond acceptors (Lipinski definition) is 5. The number of H-pyrrole nitrogens is 1. The minimum absolute atomic E-state index is 0.208. The molecule has 0 radical (unpaired) electrons. The van der Waals surface area contributed by atoms with Crippen molar-refractivity contribution in [3.05, 3.63) is 70.7 Å². The van der Waals surface area contributed by atoms with Crippen LogP contribution >= 0.6 is 22.7 Å². The minimum Gasteiger partial charge on any atom is -0.346 e. The Kier molecular flexibility index (Phi) is 4.41. The van der Waals surface area contributed by atoms with Crippen LogP contribution in [0.15, 0.2) is 59.4 Å². The van der Waals surface area contributed by atoms with Crippen LogP contribution in [0.1, 0.15) is 16.1 Å². The number of carbonyl (C=O) groups excluding carboxylic acids is 1. The molecule has 0 aromatic carbocycles. The molecule has 1 amide bonds. The van der Waals surface area contributed by atoms with Crippen molar-refractivity contribution < 1.29 is 4.79 Å². The van der Waals surface area contributed by atoms with Crippen LogP contribution in [0.2, 0.25) is 0 Å². The molecule has 0 fully saturated rings. The van der Waals surface area contributed by atoms with Crippen LogP contribution in [0.5, 0.6) is 0 Å². The summed E-state index contributed by atoms with van der Waals surface area (Å²) in [5.41, 5.74) is 3.11. The van der Waals surface area contributed by atoms with Gasteiger partial charge < -0.3 is 5.32 Å². The Morgan fingerprint density at radius 3 is 2.64 bits per heavy atom. The molecule has 4 aromatic rings. The topological polar surface area (TPSA) is 70.7 Å². The number of rotatable bonds is 5. The predicted molar refractivity (Wildman–Crippen MR) is 101 cm³/mol. The molecule has 0 spiro atoms. The number of thiophene rings is 2. The molecule has 4 heterocycles. The van der Waals surface area contributed by atoms with Crippen molar-refractivity contribution in [2.45, 2.75) is 6.54 Å². The molecule has 4 aromatic heterocycles. The van der Waals surface area contributed by atoms with E-state index in [1.165, 1.54) is 0 Å². The van der Waals surface area contributed by atoms with E-state index in [4.69, 9.17) is 0 Å². The van der Waals surface area contributed by atoms with Gasteiger partial charge in [0.2, 0.25) is 0 Å². The SMILES string of the molecule is O=C(NCc1cccnc1-c1cccs1)c1cc(-c2cccs2)[nH]n1. The summed E-state index contributed by atoms with van der Waals surface area (Å²) in [5.74, 6) is -0.208. The lowest BCUT2D eigenvalue weighted by Gasteiger charge is -2.07. The molecule has 0 atom stereocenters. The highest BCUT2D eigenvalue weighted by Gasteiger charge is 2.13. The van der Waals surface area contributed by atoms with Crippen LogP contribution in [-0.2, 0) is 6.54 Å². The van der Waals surface area contributed by atoms with Crippen molar-refractivity contribution in [1.82, 2.24) is 20.5 Å². The summed E-state index contributed by atoms with van der Waals surface area (Å²) in [6, 6.07) is 13.6. The molecular formula is C18H14N4OS2. The molecule has 0 aliphatic heterocycles. The lowest BCUT2D eigenvalue weighted by molar-refractivity contribution is 0.0946. The smallest absolute Gasteiger partial charge is 0.272 e. The van der Waals surface area contributed by atoms with Crippen molar-refractivity contribution >= 4 is 28.6 Å². The number of hydrogen-bond donors (Lipinski definition) is 2. The first kappa shape index (κ1) is 15.7. The lowest BCUT2D eigenvalue weighted by Crippen LogP contribution is -2.23. The summed E-state index contributed by atoms with van der Waals surface area (Å²) in [5, 5.41) is 14.0. The zero-order valence-corrected chi connectivity index (χ0v) is 14.7. The molecule has 25 heavy (non-hydrogen) atoms. The molecule has 7 heteroatoms. The third-order valence-corrected chi connectivity index (χ3v) is 5.46. The standard InChI is InChI=1S/C18H14N4OS2/c23-18(14-10-13(21-22-14)15-5-2-8-24-15)20-11-12-4-1-7-19-17(12)16-6-3-9-25-16/h1-10H,11H2,(H,20,23)(H,21,22). The zero-order valence-electron chi connectivity index (χ0n) is 13.1. The maximum atomic E-state index is 12.4. The van der Waals surface area contributed by atoms with E-state index in [1.807, 2.05) is 47.2 Å². The average molecular weight is 366 g/mol. The van der Waals surface area contributed by atoms with Gasteiger partial charge in [0.25, 0.3) is 5.91 Å². The van der Waals surface area contributed by atoms with Crippen LogP contribution in [0.3, 0.4) is 0 Å². The monoisotopic (exact) mass is 366 g/mol. The van der Waals surface area contributed by atoms with Crippen LogP contribution in [-0.4, -0.2) is 21.1 Å². The van der Waals surface area contributed by atoms with Gasteiger partial charge in [-0.1, -0.05) is 18.2 Å². The maximum Gasteiger partial charge on any atom is 0.272 e. The van der Waals surface area contributed by atoms with Crippen LogP contribution in [0.4, 0.5) is 0 Å². The third-order valence-electron chi connectivity index (χ3n) is 3.68. The second kappa shape index (κ2) is 7.00. The number of aromatic nitrogens is 3. The maximum absolute atomic E-state index is 12.4. The second-order valence-electron chi connectivity index (χ2n) is 5.32. The highest BCUT2D eigenvalue weighted by molar-refractivity contribution is 7.13. The van der Waals surface area contributed by atoms with Crippen LogP contribution < -0.4 is 5.32 Å². The Labute approximate surface area is 152 Å². The van der Waals surface area contributed by atoms with Crippen molar-refractivity contribution in [2.75, 3.05) is 0 Å². The van der Waals surface area contributed by atoms with Crippen LogP contribution in [0, 0.1) is 0 Å². The van der Waals surface area contributed by atoms with E-state index in [2.05, 4.69) is 20.5 Å². The summed E-state index contributed by atoms with van der Waals surface area (Å²) in [6.07, 6.45) is 1.77. The number of nitrogens with one attached hydrogen (secondary N) is 2. The summed E-state index contributed by atoms with van der Waals surface area (Å²) in [6.45, 7) is 0.404. The van der Waals surface area contributed by atoms with E-state index in [0.717, 1.165) is 26.7 Å². The fourth-order valence-electron chi connectivity index (χ4n) is 2.48. The fraction of sp³-hybridized carbons (Fsp3) is 0.0556. The van der Waals surface area contributed by atoms with Crippen molar-refractivity contribution in [2.24, 2.45) is 0 Å². The van der Waals surface area contributed by atoms with Gasteiger partial charge in [-0.15, -0.1) is 22.7 Å². The van der Waals surface area contributed by atoms with E-state index in [9.17, 15) is 4.79 Å². The van der Waals surface area contributed by atoms with Crippen molar-refractivity contribution in [3.63, 3.8) is 0 Å². The predicted octanol–water partition coefficient (Wildman–Crippen LogP) is 4.19. The molecule has 0 saturated heterocycles.